The Balaban J connectivity index is 1.54. The van der Waals surface area contributed by atoms with Gasteiger partial charge in [-0.2, -0.15) is 5.10 Å². The number of morpholine rings is 1. The summed E-state index contributed by atoms with van der Waals surface area (Å²) >= 11 is 7.03. The summed E-state index contributed by atoms with van der Waals surface area (Å²) in [5, 5.41) is 6.46. The van der Waals surface area contributed by atoms with Gasteiger partial charge in [-0.15, -0.1) is 0 Å². The molecule has 1 amide bonds. The molecular weight excluding hydrogens is 498 g/mol. The first kappa shape index (κ1) is 20.7. The van der Waals surface area contributed by atoms with Crippen LogP contribution in [0.3, 0.4) is 0 Å². The Morgan fingerprint density at radius 3 is 2.55 bits per heavy atom. The van der Waals surface area contributed by atoms with Gasteiger partial charge in [0.15, 0.2) is 0 Å². The normalized spacial score (nSPS) is 20.0. The van der Waals surface area contributed by atoms with Crippen LogP contribution in [0.1, 0.15) is 30.0 Å². The van der Waals surface area contributed by atoms with Gasteiger partial charge in [0, 0.05) is 41.4 Å². The number of amides is 1. The molecule has 2 aromatic rings. The molecule has 2 aliphatic rings. The molecule has 1 fully saturated rings. The largest absolute Gasteiger partial charge is 0.379 e. The molecule has 0 radical (unpaired) electrons. The van der Waals surface area contributed by atoms with Crippen LogP contribution in [0.25, 0.3) is 0 Å². The summed E-state index contributed by atoms with van der Waals surface area (Å²) in [5.74, 6) is 0.0643. The lowest BCUT2D eigenvalue weighted by molar-refractivity contribution is -0.133. The first-order chi connectivity index (χ1) is 14.1. The van der Waals surface area contributed by atoms with Gasteiger partial charge in [0.2, 0.25) is 5.91 Å². The van der Waals surface area contributed by atoms with Crippen molar-refractivity contribution >= 4 is 43.5 Å². The van der Waals surface area contributed by atoms with Crippen molar-refractivity contribution in [1.82, 2.24) is 9.91 Å². The molecule has 5 nitrogen and oxygen atoms in total. The molecule has 1 atom stereocenters. The second kappa shape index (κ2) is 9.51. The van der Waals surface area contributed by atoms with E-state index in [4.69, 9.17) is 9.84 Å². The third kappa shape index (κ3) is 5.15. The molecule has 152 valence electrons. The maximum Gasteiger partial charge on any atom is 0.244 e. The van der Waals surface area contributed by atoms with E-state index in [1.165, 1.54) is 0 Å². The molecule has 0 aromatic heterocycles. The van der Waals surface area contributed by atoms with E-state index in [-0.39, 0.29) is 11.9 Å². The van der Waals surface area contributed by atoms with E-state index < -0.39 is 0 Å². The molecule has 0 N–H and O–H groups in total. The Morgan fingerprint density at radius 2 is 1.83 bits per heavy atom. The number of hydrogen-bond acceptors (Lipinski definition) is 4. The van der Waals surface area contributed by atoms with Crippen molar-refractivity contribution in [2.45, 2.75) is 18.9 Å². The Labute approximate surface area is 188 Å². The fourth-order valence-corrected chi connectivity index (χ4v) is 4.38. The maximum absolute atomic E-state index is 13.1. The highest BCUT2D eigenvalue weighted by atomic mass is 79.9. The van der Waals surface area contributed by atoms with E-state index in [2.05, 4.69) is 55.0 Å². The quantitative estimate of drug-likeness (QED) is 0.578. The standard InChI is InChI=1S/C22H23Br2N3O2/c23-18-6-4-16(5-7-18)21-15-20(17-2-1-3-19(24)14-17)25-27(21)22(28)8-9-26-10-12-29-13-11-26/h1-7,14,21H,8-13,15H2. The highest BCUT2D eigenvalue weighted by Gasteiger charge is 2.33. The van der Waals surface area contributed by atoms with Crippen molar-refractivity contribution in [2.75, 3.05) is 32.8 Å². The monoisotopic (exact) mass is 519 g/mol. The lowest BCUT2D eigenvalue weighted by atomic mass is 9.98. The average molecular weight is 521 g/mol. The number of carbonyl (C=O) groups is 1. The Hall–Kier alpha value is -1.54. The van der Waals surface area contributed by atoms with E-state index in [0.717, 1.165) is 58.6 Å². The van der Waals surface area contributed by atoms with Gasteiger partial charge >= 0.3 is 0 Å². The van der Waals surface area contributed by atoms with Gasteiger partial charge in [0.1, 0.15) is 0 Å². The molecule has 2 aliphatic heterocycles. The van der Waals surface area contributed by atoms with Gasteiger partial charge in [-0.1, -0.05) is 56.1 Å². The number of halogens is 2. The summed E-state index contributed by atoms with van der Waals surface area (Å²) < 4.78 is 7.43. The second-order valence-electron chi connectivity index (χ2n) is 7.27. The summed E-state index contributed by atoms with van der Waals surface area (Å²) in [5.41, 5.74) is 3.09. The number of carbonyl (C=O) groups excluding carboxylic acids is 1. The number of hydrogen-bond donors (Lipinski definition) is 0. The number of rotatable bonds is 5. The van der Waals surface area contributed by atoms with Crippen LogP contribution >= 0.6 is 31.9 Å². The summed E-state index contributed by atoms with van der Waals surface area (Å²) in [6, 6.07) is 16.2. The lowest BCUT2D eigenvalue weighted by Crippen LogP contribution is -2.39. The number of ether oxygens (including phenoxy) is 1. The molecule has 0 spiro atoms. The lowest BCUT2D eigenvalue weighted by Gasteiger charge is -2.27. The van der Waals surface area contributed by atoms with Crippen molar-refractivity contribution in [1.29, 1.82) is 0 Å². The van der Waals surface area contributed by atoms with Crippen LogP contribution in [0, 0.1) is 0 Å². The van der Waals surface area contributed by atoms with Crippen molar-refractivity contribution < 1.29 is 9.53 Å². The summed E-state index contributed by atoms with van der Waals surface area (Å²) in [4.78, 5) is 15.4. The first-order valence-electron chi connectivity index (χ1n) is 9.81. The molecular formula is C22H23Br2N3O2. The smallest absolute Gasteiger partial charge is 0.244 e. The second-order valence-corrected chi connectivity index (χ2v) is 9.10. The van der Waals surface area contributed by atoms with Crippen LogP contribution in [0.4, 0.5) is 0 Å². The van der Waals surface area contributed by atoms with Gasteiger partial charge < -0.3 is 4.74 Å². The zero-order valence-electron chi connectivity index (χ0n) is 16.1. The van der Waals surface area contributed by atoms with Crippen molar-refractivity contribution in [2.24, 2.45) is 5.10 Å². The zero-order chi connectivity index (χ0) is 20.2. The van der Waals surface area contributed by atoms with E-state index in [0.29, 0.717) is 12.8 Å². The van der Waals surface area contributed by atoms with Gasteiger partial charge in [-0.3, -0.25) is 9.69 Å². The van der Waals surface area contributed by atoms with Crippen LogP contribution < -0.4 is 0 Å². The molecule has 1 unspecified atom stereocenters. The number of benzene rings is 2. The fraction of sp³-hybridized carbons (Fsp3) is 0.364. The van der Waals surface area contributed by atoms with Gasteiger partial charge in [-0.05, 0) is 35.4 Å². The third-order valence-electron chi connectivity index (χ3n) is 5.32. The summed E-state index contributed by atoms with van der Waals surface area (Å²) in [7, 11) is 0. The van der Waals surface area contributed by atoms with E-state index in [1.54, 1.807) is 5.01 Å². The van der Waals surface area contributed by atoms with Crippen LogP contribution in [-0.2, 0) is 9.53 Å². The van der Waals surface area contributed by atoms with E-state index in [9.17, 15) is 4.79 Å². The molecule has 0 saturated carbocycles. The van der Waals surface area contributed by atoms with Crippen molar-refractivity contribution in [3.8, 4) is 0 Å². The van der Waals surface area contributed by atoms with Crippen molar-refractivity contribution in [3.63, 3.8) is 0 Å². The maximum atomic E-state index is 13.1. The summed E-state index contributed by atoms with van der Waals surface area (Å²) in [6.07, 6.45) is 1.17. The summed E-state index contributed by atoms with van der Waals surface area (Å²) in [6.45, 7) is 3.99. The van der Waals surface area contributed by atoms with E-state index >= 15 is 0 Å². The molecule has 0 bridgehead atoms. The molecule has 7 heteroatoms. The van der Waals surface area contributed by atoms with Gasteiger partial charge in [-0.25, -0.2) is 5.01 Å². The van der Waals surface area contributed by atoms with Gasteiger partial charge in [0.05, 0.1) is 25.0 Å². The predicted molar refractivity (Wildman–Crippen MR) is 121 cm³/mol. The van der Waals surface area contributed by atoms with Crippen LogP contribution in [0.15, 0.2) is 62.6 Å². The number of hydrazone groups is 1. The molecule has 2 aromatic carbocycles. The third-order valence-corrected chi connectivity index (χ3v) is 6.35. The van der Waals surface area contributed by atoms with E-state index in [1.807, 2.05) is 30.3 Å². The fourth-order valence-electron chi connectivity index (χ4n) is 3.72. The molecule has 2 heterocycles. The minimum Gasteiger partial charge on any atom is -0.379 e. The number of nitrogens with zero attached hydrogens (tertiary/aromatic N) is 3. The predicted octanol–water partition coefficient (Wildman–Crippen LogP) is 4.61. The zero-order valence-corrected chi connectivity index (χ0v) is 19.2. The molecule has 4 rings (SSSR count). The van der Waals surface area contributed by atoms with Crippen LogP contribution in [0.5, 0.6) is 0 Å². The van der Waals surface area contributed by atoms with Gasteiger partial charge in [0.25, 0.3) is 0 Å². The topological polar surface area (TPSA) is 45.1 Å². The Morgan fingerprint density at radius 1 is 1.07 bits per heavy atom. The molecule has 0 aliphatic carbocycles. The van der Waals surface area contributed by atoms with Crippen molar-refractivity contribution in [3.05, 3.63) is 68.6 Å². The minimum atomic E-state index is -0.0747. The van der Waals surface area contributed by atoms with Crippen LogP contribution in [0.2, 0.25) is 0 Å². The molecule has 29 heavy (non-hydrogen) atoms. The molecule has 1 saturated heterocycles. The highest BCUT2D eigenvalue weighted by molar-refractivity contribution is 9.10. The SMILES string of the molecule is O=C(CCN1CCOCC1)N1N=C(c2cccc(Br)c2)CC1c1ccc(Br)cc1. The first-order valence-corrected chi connectivity index (χ1v) is 11.4. The highest BCUT2D eigenvalue weighted by Crippen LogP contribution is 2.34. The minimum absolute atomic E-state index is 0.0643. The Bertz CT molecular complexity index is 895. The Kier molecular flexibility index (Phi) is 6.80. The average Bonchev–Trinajstić information content (AvgIpc) is 3.19. The van der Waals surface area contributed by atoms with Crippen LogP contribution in [-0.4, -0.2) is 54.4 Å².